The lowest BCUT2D eigenvalue weighted by atomic mass is 10.3. The number of imidazole rings is 1. The lowest BCUT2D eigenvalue weighted by molar-refractivity contribution is 0.697. The fourth-order valence-corrected chi connectivity index (χ4v) is 2.84. The quantitative estimate of drug-likeness (QED) is 0.748. The second kappa shape index (κ2) is 4.62. The molecule has 3 heterocycles. The molecule has 0 spiro atoms. The molecule has 4 nitrogen and oxygen atoms in total. The summed E-state index contributed by atoms with van der Waals surface area (Å²) in [4.78, 5) is 11.9. The van der Waals surface area contributed by atoms with E-state index in [9.17, 15) is 0 Å². The Labute approximate surface area is 113 Å². The fraction of sp³-hybridized carbons (Fsp3) is 0.250. The molecule has 18 heavy (non-hydrogen) atoms. The predicted molar refractivity (Wildman–Crippen MR) is 75.5 cm³/mol. The van der Waals surface area contributed by atoms with Gasteiger partial charge in [-0.05, 0) is 30.8 Å². The van der Waals surface area contributed by atoms with Crippen LogP contribution in [0, 0.1) is 11.7 Å². The zero-order valence-electron chi connectivity index (χ0n) is 9.88. The molecule has 0 saturated heterocycles. The summed E-state index contributed by atoms with van der Waals surface area (Å²) in [5, 5.41) is 3.11. The summed E-state index contributed by atoms with van der Waals surface area (Å²) in [6.07, 6.45) is 4.58. The first-order valence-electron chi connectivity index (χ1n) is 5.67. The average Bonchev–Trinajstić information content (AvgIpc) is 2.93. The van der Waals surface area contributed by atoms with Crippen LogP contribution in [0.2, 0.25) is 0 Å². The number of nitrogens with one attached hydrogen (secondary N) is 1. The number of nitrogens with zero attached hydrogens (tertiary/aromatic N) is 3. The molecule has 0 unspecified atom stereocenters. The molecule has 0 bridgehead atoms. The summed E-state index contributed by atoms with van der Waals surface area (Å²) in [6, 6.07) is 2.07. The minimum Gasteiger partial charge on any atom is -0.329 e. The lowest BCUT2D eigenvalue weighted by Crippen LogP contribution is -2.02. The molecule has 6 heteroatoms. The van der Waals surface area contributed by atoms with E-state index in [0.29, 0.717) is 0 Å². The van der Waals surface area contributed by atoms with E-state index in [4.69, 9.17) is 12.2 Å². The Morgan fingerprint density at radius 2 is 2.33 bits per heavy atom. The second-order valence-electron chi connectivity index (χ2n) is 4.14. The Bertz CT molecular complexity index is 724. The first kappa shape index (κ1) is 11.6. The van der Waals surface area contributed by atoms with Gasteiger partial charge in [0.05, 0.1) is 10.5 Å². The molecule has 0 amide bonds. The topological polar surface area (TPSA) is 46.5 Å². The molecule has 0 aliphatic rings. The van der Waals surface area contributed by atoms with E-state index in [-0.39, 0.29) is 0 Å². The smallest absolute Gasteiger partial charge is 0.179 e. The highest BCUT2D eigenvalue weighted by molar-refractivity contribution is 7.71. The summed E-state index contributed by atoms with van der Waals surface area (Å²) < 4.78 is 2.76. The van der Waals surface area contributed by atoms with Crippen LogP contribution in [0.1, 0.15) is 10.6 Å². The van der Waals surface area contributed by atoms with Gasteiger partial charge < -0.3 is 9.55 Å². The van der Waals surface area contributed by atoms with Crippen molar-refractivity contribution in [1.82, 2.24) is 19.5 Å². The third-order valence-corrected chi connectivity index (χ3v) is 3.94. The van der Waals surface area contributed by atoms with E-state index in [2.05, 4.69) is 21.0 Å². The van der Waals surface area contributed by atoms with Gasteiger partial charge in [0, 0.05) is 30.7 Å². The van der Waals surface area contributed by atoms with Gasteiger partial charge in [-0.25, -0.2) is 9.97 Å². The van der Waals surface area contributed by atoms with Gasteiger partial charge in [0.2, 0.25) is 0 Å². The average molecular weight is 276 g/mol. The van der Waals surface area contributed by atoms with Gasteiger partial charge in [-0.2, -0.15) is 0 Å². The number of thiazole rings is 1. The summed E-state index contributed by atoms with van der Waals surface area (Å²) >= 11 is 7.01. The number of hydrogen-bond acceptors (Lipinski definition) is 4. The van der Waals surface area contributed by atoms with Crippen molar-refractivity contribution in [3.05, 3.63) is 39.2 Å². The highest BCUT2D eigenvalue weighted by Crippen LogP contribution is 2.14. The van der Waals surface area contributed by atoms with Crippen molar-refractivity contribution in [2.24, 2.45) is 0 Å². The zero-order valence-corrected chi connectivity index (χ0v) is 11.5. The van der Waals surface area contributed by atoms with Gasteiger partial charge in [0.1, 0.15) is 0 Å². The molecule has 0 atom stereocenters. The molecule has 0 saturated carbocycles. The Kier molecular flexibility index (Phi) is 2.97. The summed E-state index contributed by atoms with van der Waals surface area (Å²) in [7, 11) is 0. The number of pyridine rings is 1. The normalized spacial score (nSPS) is 11.2. The Morgan fingerprint density at radius 1 is 1.44 bits per heavy atom. The van der Waals surface area contributed by atoms with Crippen molar-refractivity contribution >= 4 is 34.7 Å². The maximum absolute atomic E-state index is 5.34. The Hall–Kier alpha value is -1.53. The van der Waals surface area contributed by atoms with Crippen molar-refractivity contribution < 1.29 is 0 Å². The Balaban J connectivity index is 1.96. The molecular formula is C12H12N4S2. The molecule has 92 valence electrons. The molecular weight excluding hydrogens is 264 g/mol. The van der Waals surface area contributed by atoms with Crippen LogP contribution >= 0.6 is 23.6 Å². The van der Waals surface area contributed by atoms with Gasteiger partial charge in [-0.1, -0.05) is 0 Å². The van der Waals surface area contributed by atoms with E-state index in [0.717, 1.165) is 39.5 Å². The molecule has 0 radical (unpaired) electrons. The van der Waals surface area contributed by atoms with Gasteiger partial charge in [-0.3, -0.25) is 0 Å². The van der Waals surface area contributed by atoms with Gasteiger partial charge in [0.25, 0.3) is 0 Å². The first-order valence-corrected chi connectivity index (χ1v) is 6.96. The number of fused-ring (bicyclic) bond motifs is 1. The van der Waals surface area contributed by atoms with Gasteiger partial charge in [-0.15, -0.1) is 11.3 Å². The maximum Gasteiger partial charge on any atom is 0.179 e. The van der Waals surface area contributed by atoms with E-state index < -0.39 is 0 Å². The van der Waals surface area contributed by atoms with Crippen molar-refractivity contribution in [3.8, 4) is 0 Å². The van der Waals surface area contributed by atoms with Crippen LogP contribution < -0.4 is 0 Å². The molecule has 0 aromatic carbocycles. The van der Waals surface area contributed by atoms with Crippen LogP contribution in [0.15, 0.2) is 23.8 Å². The lowest BCUT2D eigenvalue weighted by Gasteiger charge is -2.01. The van der Waals surface area contributed by atoms with Crippen molar-refractivity contribution in [2.45, 2.75) is 19.9 Å². The summed E-state index contributed by atoms with van der Waals surface area (Å²) in [5.74, 6) is 0. The number of aromatic nitrogens is 4. The minimum atomic E-state index is 0.722. The van der Waals surface area contributed by atoms with Crippen LogP contribution in [0.5, 0.6) is 0 Å². The van der Waals surface area contributed by atoms with Crippen LogP contribution in [-0.4, -0.2) is 19.5 Å². The van der Waals surface area contributed by atoms with Crippen LogP contribution in [0.4, 0.5) is 0 Å². The third kappa shape index (κ3) is 2.09. The van der Waals surface area contributed by atoms with Gasteiger partial charge in [0.15, 0.2) is 10.4 Å². The van der Waals surface area contributed by atoms with E-state index in [1.807, 2.05) is 29.3 Å². The van der Waals surface area contributed by atoms with Crippen molar-refractivity contribution in [1.29, 1.82) is 0 Å². The molecule has 0 aliphatic carbocycles. The second-order valence-corrected chi connectivity index (χ2v) is 5.51. The summed E-state index contributed by atoms with van der Waals surface area (Å²) in [6.45, 7) is 2.83. The molecule has 0 aliphatic heterocycles. The predicted octanol–water partition coefficient (Wildman–Crippen LogP) is 3.10. The molecule has 3 rings (SSSR count). The van der Waals surface area contributed by atoms with E-state index >= 15 is 0 Å². The highest BCUT2D eigenvalue weighted by Gasteiger charge is 2.06. The van der Waals surface area contributed by atoms with E-state index in [1.165, 1.54) is 0 Å². The van der Waals surface area contributed by atoms with Crippen LogP contribution in [0.25, 0.3) is 11.2 Å². The van der Waals surface area contributed by atoms with Crippen molar-refractivity contribution in [3.63, 3.8) is 0 Å². The SMILES string of the molecule is Cc1cnc2c(c1)[nH]c(=S)n2CCc1nccs1. The van der Waals surface area contributed by atoms with Crippen molar-refractivity contribution in [2.75, 3.05) is 0 Å². The number of aryl methyl sites for hydroxylation is 3. The maximum atomic E-state index is 5.34. The fourth-order valence-electron chi connectivity index (χ4n) is 1.94. The largest absolute Gasteiger partial charge is 0.329 e. The molecule has 3 aromatic rings. The van der Waals surface area contributed by atoms with Gasteiger partial charge >= 0.3 is 0 Å². The third-order valence-electron chi connectivity index (χ3n) is 2.78. The standard InChI is InChI=1S/C12H12N4S2/c1-8-6-9-11(14-7-8)16(12(17)15-9)4-2-10-13-3-5-18-10/h3,5-7H,2,4H2,1H3,(H,15,17). The van der Waals surface area contributed by atoms with Crippen LogP contribution in [-0.2, 0) is 13.0 Å². The number of aromatic amines is 1. The first-order chi connectivity index (χ1) is 8.74. The summed E-state index contributed by atoms with van der Waals surface area (Å²) in [5.41, 5.74) is 3.05. The zero-order chi connectivity index (χ0) is 12.5. The monoisotopic (exact) mass is 276 g/mol. The number of H-pyrrole nitrogens is 1. The molecule has 1 N–H and O–H groups in total. The number of hydrogen-bond donors (Lipinski definition) is 1. The highest BCUT2D eigenvalue weighted by atomic mass is 32.1. The van der Waals surface area contributed by atoms with E-state index in [1.54, 1.807) is 11.3 Å². The number of rotatable bonds is 3. The molecule has 0 fully saturated rings. The Morgan fingerprint density at radius 3 is 3.11 bits per heavy atom. The molecule has 3 aromatic heterocycles. The minimum absolute atomic E-state index is 0.722. The van der Waals surface area contributed by atoms with Crippen LogP contribution in [0.3, 0.4) is 0 Å².